The molecule has 6 heteroatoms. The maximum atomic E-state index is 12.6. The number of hydrogen-bond donors (Lipinski definition) is 1. The molecular weight excluding hydrogens is 275 g/mol. The highest BCUT2D eigenvalue weighted by Crippen LogP contribution is 2.30. The van der Waals surface area contributed by atoms with Crippen LogP contribution in [0.1, 0.15) is 25.3 Å². The molecular formula is C13H18F3NOS. The van der Waals surface area contributed by atoms with Gasteiger partial charge < -0.3 is 5.32 Å². The average molecular weight is 293 g/mol. The van der Waals surface area contributed by atoms with Crippen LogP contribution >= 0.6 is 0 Å². The second-order valence-corrected chi connectivity index (χ2v) is 5.81. The number of halogens is 3. The molecule has 1 aromatic rings. The molecule has 0 radical (unpaired) electrons. The Bertz CT molecular complexity index is 434. The van der Waals surface area contributed by atoms with Crippen LogP contribution in [-0.2, 0) is 17.0 Å². The zero-order chi connectivity index (χ0) is 14.5. The summed E-state index contributed by atoms with van der Waals surface area (Å²) in [5.41, 5.74) is -0.755. The molecule has 1 aromatic carbocycles. The monoisotopic (exact) mass is 293 g/mol. The Kier molecular flexibility index (Phi) is 6.00. The molecule has 2 nitrogen and oxygen atoms in total. The molecule has 19 heavy (non-hydrogen) atoms. The van der Waals surface area contributed by atoms with Crippen molar-refractivity contribution in [1.29, 1.82) is 0 Å². The van der Waals surface area contributed by atoms with Crippen LogP contribution in [0.4, 0.5) is 13.2 Å². The summed E-state index contributed by atoms with van der Waals surface area (Å²) in [5.74, 6) is 0.325. The highest BCUT2D eigenvalue weighted by atomic mass is 32.2. The van der Waals surface area contributed by atoms with Gasteiger partial charge in [0, 0.05) is 16.7 Å². The van der Waals surface area contributed by atoms with Crippen molar-refractivity contribution in [2.75, 3.05) is 12.8 Å². The van der Waals surface area contributed by atoms with E-state index in [1.165, 1.54) is 12.1 Å². The fraction of sp³-hybridized carbons (Fsp3) is 0.538. The molecule has 0 aliphatic carbocycles. The van der Waals surface area contributed by atoms with Crippen LogP contribution in [-0.4, -0.2) is 23.1 Å². The molecule has 0 aliphatic rings. The lowest BCUT2D eigenvalue weighted by molar-refractivity contribution is -0.137. The van der Waals surface area contributed by atoms with E-state index in [4.69, 9.17) is 0 Å². The van der Waals surface area contributed by atoms with Crippen molar-refractivity contribution >= 4 is 10.8 Å². The third kappa shape index (κ3) is 4.95. The van der Waals surface area contributed by atoms with Gasteiger partial charge in [0.05, 0.1) is 16.4 Å². The van der Waals surface area contributed by atoms with Gasteiger partial charge in [-0.2, -0.15) is 13.2 Å². The van der Waals surface area contributed by atoms with E-state index < -0.39 is 22.5 Å². The Hall–Kier alpha value is -0.880. The summed E-state index contributed by atoms with van der Waals surface area (Å²) in [5, 5.41) is 3.03. The van der Waals surface area contributed by atoms with Crippen LogP contribution in [0.25, 0.3) is 0 Å². The first-order valence-electron chi connectivity index (χ1n) is 6.11. The van der Waals surface area contributed by atoms with Gasteiger partial charge in [-0.3, -0.25) is 4.21 Å². The predicted octanol–water partition coefficient (Wildman–Crippen LogP) is 3.20. The van der Waals surface area contributed by atoms with Gasteiger partial charge in [-0.1, -0.05) is 19.4 Å². The van der Waals surface area contributed by atoms with E-state index in [1.54, 1.807) is 7.05 Å². The molecule has 0 heterocycles. The molecule has 1 N–H and O–H groups in total. The minimum absolute atomic E-state index is 0.0559. The third-order valence-corrected chi connectivity index (χ3v) is 4.31. The molecule has 0 spiro atoms. The molecule has 0 aromatic heterocycles. The van der Waals surface area contributed by atoms with E-state index in [1.807, 2.05) is 6.92 Å². The lowest BCUT2D eigenvalue weighted by Crippen LogP contribution is -2.30. The molecule has 0 saturated heterocycles. The zero-order valence-corrected chi connectivity index (χ0v) is 11.8. The highest BCUT2D eigenvalue weighted by molar-refractivity contribution is 7.85. The Morgan fingerprint density at radius 1 is 1.37 bits per heavy atom. The topological polar surface area (TPSA) is 29.1 Å². The maximum absolute atomic E-state index is 12.6. The van der Waals surface area contributed by atoms with Crippen molar-refractivity contribution in [3.8, 4) is 0 Å². The second-order valence-electron chi connectivity index (χ2n) is 4.31. The molecule has 0 aliphatic heterocycles. The van der Waals surface area contributed by atoms with Crippen LogP contribution in [0.2, 0.25) is 0 Å². The normalized spacial score (nSPS) is 15.2. The largest absolute Gasteiger partial charge is 0.416 e. The lowest BCUT2D eigenvalue weighted by atomic mass is 10.2. The summed E-state index contributed by atoms with van der Waals surface area (Å²) in [7, 11) is 0.345. The maximum Gasteiger partial charge on any atom is 0.416 e. The van der Waals surface area contributed by atoms with E-state index in [2.05, 4.69) is 5.32 Å². The van der Waals surface area contributed by atoms with Gasteiger partial charge in [0.1, 0.15) is 0 Å². The van der Waals surface area contributed by atoms with Crippen molar-refractivity contribution in [2.45, 2.75) is 36.9 Å². The van der Waals surface area contributed by atoms with Gasteiger partial charge in [-0.15, -0.1) is 0 Å². The van der Waals surface area contributed by atoms with Crippen LogP contribution in [0.5, 0.6) is 0 Å². The first kappa shape index (κ1) is 16.2. The second kappa shape index (κ2) is 7.05. The van der Waals surface area contributed by atoms with Crippen molar-refractivity contribution in [2.24, 2.45) is 0 Å². The standard InChI is InChI=1S/C13H18F3NOS/c1-3-5-11(17-2)9-19(18)12-7-4-6-10(8-12)13(14,15)16/h4,6-8,11,17H,3,5,9H2,1-2H3. The molecule has 2 atom stereocenters. The minimum atomic E-state index is -4.40. The Balaban J connectivity index is 2.82. The van der Waals surface area contributed by atoms with E-state index in [-0.39, 0.29) is 10.9 Å². The lowest BCUT2D eigenvalue weighted by Gasteiger charge is -2.15. The SMILES string of the molecule is CCCC(CS(=O)c1cccc(C(F)(F)F)c1)NC. The van der Waals surface area contributed by atoms with E-state index in [9.17, 15) is 17.4 Å². The van der Waals surface area contributed by atoms with Gasteiger partial charge in [0.2, 0.25) is 0 Å². The summed E-state index contributed by atoms with van der Waals surface area (Å²) in [6.07, 6.45) is -2.61. The fourth-order valence-electron chi connectivity index (χ4n) is 1.75. The number of rotatable bonds is 6. The Morgan fingerprint density at radius 3 is 2.58 bits per heavy atom. The van der Waals surface area contributed by atoms with Gasteiger partial charge in [0.15, 0.2) is 0 Å². The number of benzene rings is 1. The molecule has 0 fully saturated rings. The van der Waals surface area contributed by atoms with E-state index >= 15 is 0 Å². The zero-order valence-electron chi connectivity index (χ0n) is 11.0. The molecule has 1 rings (SSSR count). The average Bonchev–Trinajstić information content (AvgIpc) is 2.37. The van der Waals surface area contributed by atoms with Crippen molar-refractivity contribution < 1.29 is 17.4 Å². The highest BCUT2D eigenvalue weighted by Gasteiger charge is 2.30. The molecule has 0 amide bonds. The van der Waals surface area contributed by atoms with E-state index in [0.29, 0.717) is 5.75 Å². The van der Waals surface area contributed by atoms with Crippen molar-refractivity contribution in [3.63, 3.8) is 0 Å². The Labute approximate surface area is 113 Å². The first-order chi connectivity index (χ1) is 8.88. The first-order valence-corrected chi connectivity index (χ1v) is 7.43. The fourth-order valence-corrected chi connectivity index (χ4v) is 3.13. The summed E-state index contributed by atoms with van der Waals surface area (Å²) < 4.78 is 49.8. The summed E-state index contributed by atoms with van der Waals surface area (Å²) in [6, 6.07) is 4.78. The molecule has 108 valence electrons. The molecule has 2 unspecified atom stereocenters. The number of alkyl halides is 3. The smallest absolute Gasteiger partial charge is 0.316 e. The summed E-state index contributed by atoms with van der Waals surface area (Å²) in [4.78, 5) is 0.228. The minimum Gasteiger partial charge on any atom is -0.316 e. The summed E-state index contributed by atoms with van der Waals surface area (Å²) in [6.45, 7) is 2.01. The third-order valence-electron chi connectivity index (χ3n) is 2.82. The number of nitrogens with one attached hydrogen (secondary N) is 1. The van der Waals surface area contributed by atoms with Crippen LogP contribution in [0, 0.1) is 0 Å². The number of hydrogen-bond acceptors (Lipinski definition) is 2. The van der Waals surface area contributed by atoms with Crippen LogP contribution < -0.4 is 5.32 Å². The quantitative estimate of drug-likeness (QED) is 0.872. The van der Waals surface area contributed by atoms with Gasteiger partial charge in [-0.25, -0.2) is 0 Å². The van der Waals surface area contributed by atoms with Gasteiger partial charge >= 0.3 is 6.18 Å². The molecule has 0 bridgehead atoms. The summed E-state index contributed by atoms with van der Waals surface area (Å²) >= 11 is 0. The van der Waals surface area contributed by atoms with Crippen LogP contribution in [0.3, 0.4) is 0 Å². The van der Waals surface area contributed by atoms with Crippen molar-refractivity contribution in [3.05, 3.63) is 29.8 Å². The Morgan fingerprint density at radius 2 is 2.05 bits per heavy atom. The predicted molar refractivity (Wildman–Crippen MR) is 70.5 cm³/mol. The van der Waals surface area contributed by atoms with Gasteiger partial charge in [0.25, 0.3) is 0 Å². The molecule has 0 saturated carbocycles. The van der Waals surface area contributed by atoms with E-state index in [0.717, 1.165) is 25.0 Å². The van der Waals surface area contributed by atoms with Crippen LogP contribution in [0.15, 0.2) is 29.2 Å². The van der Waals surface area contributed by atoms with Gasteiger partial charge in [-0.05, 0) is 31.7 Å². The van der Waals surface area contributed by atoms with Crippen molar-refractivity contribution in [1.82, 2.24) is 5.32 Å².